The quantitative estimate of drug-likeness (QED) is 0.153. The van der Waals surface area contributed by atoms with E-state index in [1.807, 2.05) is 24.3 Å². The zero-order chi connectivity index (χ0) is 19.8. The van der Waals surface area contributed by atoms with Crippen LogP contribution in [0.1, 0.15) is 23.2 Å². The second kappa shape index (κ2) is 9.39. The first kappa shape index (κ1) is 20.0. The van der Waals surface area contributed by atoms with E-state index in [4.69, 9.17) is 9.47 Å². The van der Waals surface area contributed by atoms with Crippen molar-refractivity contribution in [2.24, 2.45) is 0 Å². The fourth-order valence-corrected chi connectivity index (χ4v) is 2.28. The van der Waals surface area contributed by atoms with Crippen LogP contribution < -0.4 is 0 Å². The molecule has 2 atom stereocenters. The van der Waals surface area contributed by atoms with E-state index in [1.165, 1.54) is 0 Å². The molecule has 0 saturated carbocycles. The first-order valence-corrected chi connectivity index (χ1v) is 8.11. The van der Waals surface area contributed by atoms with Gasteiger partial charge in [0.25, 0.3) is 11.4 Å². The third kappa shape index (κ3) is 6.15. The van der Waals surface area contributed by atoms with Gasteiger partial charge in [-0.05, 0) is 12.8 Å². The Morgan fingerprint density at radius 2 is 1.78 bits per heavy atom. The maximum Gasteiger partial charge on any atom is 0.338 e. The Balaban J connectivity index is 1.84. The van der Waals surface area contributed by atoms with Crippen molar-refractivity contribution < 1.29 is 24.1 Å². The van der Waals surface area contributed by atoms with E-state index in [0.717, 1.165) is 24.6 Å². The molecule has 1 fully saturated rings. The van der Waals surface area contributed by atoms with Crippen molar-refractivity contribution in [3.8, 4) is 0 Å². The Morgan fingerprint density at radius 3 is 2.37 bits per heavy atom. The molecule has 1 heterocycles. The number of ether oxygens (including phenoxy) is 2. The summed E-state index contributed by atoms with van der Waals surface area (Å²) in [5, 5.41) is 21.7. The van der Waals surface area contributed by atoms with Crippen LogP contribution in [0, 0.1) is 20.2 Å². The van der Waals surface area contributed by atoms with E-state index in [1.54, 1.807) is 6.08 Å². The lowest BCUT2D eigenvalue weighted by Crippen LogP contribution is -2.12. The van der Waals surface area contributed by atoms with E-state index in [-0.39, 0.29) is 24.4 Å². The minimum absolute atomic E-state index is 0.0236. The van der Waals surface area contributed by atoms with Crippen LogP contribution >= 0.6 is 0 Å². The molecule has 27 heavy (non-hydrogen) atoms. The summed E-state index contributed by atoms with van der Waals surface area (Å²) in [5.41, 5.74) is -1.35. The fourth-order valence-electron chi connectivity index (χ4n) is 2.28. The van der Waals surface area contributed by atoms with Crippen LogP contribution in [0.3, 0.4) is 0 Å². The number of hydrogen-bond donors (Lipinski definition) is 0. The van der Waals surface area contributed by atoms with Crippen molar-refractivity contribution in [3.63, 3.8) is 0 Å². The highest BCUT2D eigenvalue weighted by Gasteiger charge is 2.38. The minimum atomic E-state index is -0.874. The van der Waals surface area contributed by atoms with Gasteiger partial charge in [-0.15, -0.1) is 0 Å². The molecule has 0 amide bonds. The monoisotopic (exact) mass is 374 g/mol. The average Bonchev–Trinajstić information content (AvgIpc) is 3.40. The van der Waals surface area contributed by atoms with Crippen LogP contribution in [-0.2, 0) is 9.47 Å². The predicted octanol–water partition coefficient (Wildman–Crippen LogP) is 3.51. The van der Waals surface area contributed by atoms with Crippen molar-refractivity contribution in [1.82, 2.24) is 0 Å². The summed E-state index contributed by atoms with van der Waals surface area (Å²) in [4.78, 5) is 32.1. The van der Waals surface area contributed by atoms with Crippen LogP contribution in [0.5, 0.6) is 0 Å². The van der Waals surface area contributed by atoms with Crippen molar-refractivity contribution >= 4 is 17.3 Å². The molecule has 9 heteroatoms. The van der Waals surface area contributed by atoms with Crippen LogP contribution in [0.2, 0.25) is 0 Å². The van der Waals surface area contributed by atoms with Gasteiger partial charge < -0.3 is 9.47 Å². The Kier molecular flexibility index (Phi) is 6.95. The number of esters is 1. The third-order valence-corrected chi connectivity index (χ3v) is 3.71. The smallest absolute Gasteiger partial charge is 0.338 e. The van der Waals surface area contributed by atoms with Crippen LogP contribution in [0.4, 0.5) is 11.4 Å². The number of nitrogens with zero attached hydrogens (tertiary/aromatic N) is 2. The number of carbonyl (C=O) groups excluding carboxylic acids is 1. The summed E-state index contributed by atoms with van der Waals surface area (Å²) < 4.78 is 10.4. The molecule has 1 aromatic rings. The van der Waals surface area contributed by atoms with Gasteiger partial charge in [0, 0.05) is 12.1 Å². The average molecular weight is 374 g/mol. The Bertz CT molecular complexity index is 769. The highest BCUT2D eigenvalue weighted by molar-refractivity contribution is 5.91. The standard InChI is InChI=1S/C18H18N2O7/c1-2-3-4-5-6-7-8-16-17(27-16)12-26-18(21)13-9-14(19(22)23)11-15(10-13)20(24)25/h2-4,6-7,9-11,16-17H,1,5,8,12H2/b4-3-,7-6-/t16-,17+/m0/s1. The lowest BCUT2D eigenvalue weighted by molar-refractivity contribution is -0.394. The van der Waals surface area contributed by atoms with Crippen molar-refractivity contribution in [1.29, 1.82) is 0 Å². The number of allylic oxidation sites excluding steroid dienone is 4. The highest BCUT2D eigenvalue weighted by atomic mass is 16.6. The summed E-state index contributed by atoms with van der Waals surface area (Å²) >= 11 is 0. The summed E-state index contributed by atoms with van der Waals surface area (Å²) in [7, 11) is 0. The van der Waals surface area contributed by atoms with Gasteiger partial charge in [0.2, 0.25) is 0 Å². The van der Waals surface area contributed by atoms with Gasteiger partial charge in [-0.25, -0.2) is 4.79 Å². The van der Waals surface area contributed by atoms with E-state index < -0.39 is 27.2 Å². The van der Waals surface area contributed by atoms with Crippen molar-refractivity contribution in [3.05, 3.63) is 81.0 Å². The topological polar surface area (TPSA) is 125 Å². The number of benzene rings is 1. The highest BCUT2D eigenvalue weighted by Crippen LogP contribution is 2.27. The van der Waals surface area contributed by atoms with E-state index >= 15 is 0 Å². The second-order valence-electron chi connectivity index (χ2n) is 5.67. The van der Waals surface area contributed by atoms with Crippen molar-refractivity contribution in [2.75, 3.05) is 6.61 Å². The maximum absolute atomic E-state index is 12.0. The van der Waals surface area contributed by atoms with Gasteiger partial charge in [0.15, 0.2) is 0 Å². The number of rotatable bonds is 10. The van der Waals surface area contributed by atoms with Crippen molar-refractivity contribution in [2.45, 2.75) is 25.0 Å². The third-order valence-electron chi connectivity index (χ3n) is 3.71. The predicted molar refractivity (Wildman–Crippen MR) is 96.4 cm³/mol. The van der Waals surface area contributed by atoms with E-state index in [9.17, 15) is 25.0 Å². The normalized spacial score (nSPS) is 18.5. The van der Waals surface area contributed by atoms with E-state index in [0.29, 0.717) is 6.42 Å². The molecule has 0 N–H and O–H groups in total. The first-order valence-electron chi connectivity index (χ1n) is 8.11. The Labute approximate surface area is 154 Å². The van der Waals surface area contributed by atoms with Gasteiger partial charge in [-0.1, -0.05) is 37.0 Å². The number of hydrogen-bond acceptors (Lipinski definition) is 7. The van der Waals surface area contributed by atoms with Gasteiger partial charge in [-0.3, -0.25) is 20.2 Å². The SMILES string of the molecule is C=C/C=C\C/C=C\C[C@@H]1O[C@@H]1COC(=O)c1cc([N+](=O)[O-])cc([N+](=O)[O-])c1. The maximum atomic E-state index is 12.0. The summed E-state index contributed by atoms with van der Waals surface area (Å²) in [6.07, 6.45) is 10.6. The summed E-state index contributed by atoms with van der Waals surface area (Å²) in [6.45, 7) is 3.55. The second-order valence-corrected chi connectivity index (χ2v) is 5.67. The molecule has 0 radical (unpaired) electrons. The summed E-state index contributed by atoms with van der Waals surface area (Å²) in [5.74, 6) is -0.874. The molecule has 1 aliphatic rings. The first-order chi connectivity index (χ1) is 12.9. The number of carbonyl (C=O) groups is 1. The van der Waals surface area contributed by atoms with Gasteiger partial charge in [-0.2, -0.15) is 0 Å². The largest absolute Gasteiger partial charge is 0.459 e. The Hall–Kier alpha value is -3.33. The van der Waals surface area contributed by atoms with Crippen LogP contribution in [-0.4, -0.2) is 34.6 Å². The molecule has 142 valence electrons. The number of nitro benzene ring substituents is 2. The molecule has 1 saturated heterocycles. The minimum Gasteiger partial charge on any atom is -0.459 e. The zero-order valence-corrected chi connectivity index (χ0v) is 14.4. The summed E-state index contributed by atoms with van der Waals surface area (Å²) in [6, 6.07) is 2.67. The molecular weight excluding hydrogens is 356 g/mol. The molecule has 0 spiro atoms. The number of epoxide rings is 1. The van der Waals surface area contributed by atoms with Gasteiger partial charge in [0.1, 0.15) is 12.7 Å². The fraction of sp³-hybridized carbons (Fsp3) is 0.278. The zero-order valence-electron chi connectivity index (χ0n) is 14.4. The lowest BCUT2D eigenvalue weighted by Gasteiger charge is -2.03. The molecule has 2 rings (SSSR count). The molecule has 1 aliphatic heterocycles. The molecule has 0 aromatic heterocycles. The van der Waals surface area contributed by atoms with Crippen LogP contribution in [0.25, 0.3) is 0 Å². The molecular formula is C18H18N2O7. The van der Waals surface area contributed by atoms with Gasteiger partial charge >= 0.3 is 5.97 Å². The molecule has 0 unspecified atom stereocenters. The lowest BCUT2D eigenvalue weighted by atomic mass is 10.1. The van der Waals surface area contributed by atoms with E-state index in [2.05, 4.69) is 6.58 Å². The number of non-ortho nitro benzene ring substituents is 2. The Morgan fingerprint density at radius 1 is 1.11 bits per heavy atom. The molecule has 0 bridgehead atoms. The molecule has 1 aromatic carbocycles. The van der Waals surface area contributed by atoms with Gasteiger partial charge in [0.05, 0.1) is 27.6 Å². The number of nitro groups is 2. The van der Waals surface area contributed by atoms with Crippen LogP contribution in [0.15, 0.2) is 55.2 Å². The molecule has 0 aliphatic carbocycles. The molecule has 9 nitrogen and oxygen atoms in total.